The Morgan fingerprint density at radius 2 is 1.76 bits per heavy atom. The Hall–Kier alpha value is -3.36. The van der Waals surface area contributed by atoms with E-state index in [0.717, 1.165) is 22.2 Å². The first kappa shape index (κ1) is 21.5. The van der Waals surface area contributed by atoms with Gasteiger partial charge in [0.15, 0.2) is 0 Å². The van der Waals surface area contributed by atoms with Gasteiger partial charge < -0.3 is 10.2 Å². The highest BCUT2D eigenvalue weighted by Gasteiger charge is 2.19. The minimum Gasteiger partial charge on any atom is -0.353 e. The summed E-state index contributed by atoms with van der Waals surface area (Å²) in [7, 11) is 1.72. The molecule has 8 nitrogen and oxygen atoms in total. The zero-order chi connectivity index (χ0) is 23.1. The number of halogens is 2. The van der Waals surface area contributed by atoms with Gasteiger partial charge in [0.25, 0.3) is 5.56 Å². The Morgan fingerprint density at radius 1 is 1.03 bits per heavy atom. The van der Waals surface area contributed by atoms with Gasteiger partial charge in [-0.1, -0.05) is 35.3 Å². The lowest BCUT2D eigenvalue weighted by atomic mass is 10.1. The minimum absolute atomic E-state index is 0.0416. The fourth-order valence-corrected chi connectivity index (χ4v) is 4.54. The molecule has 1 aliphatic heterocycles. The van der Waals surface area contributed by atoms with Crippen molar-refractivity contribution in [1.82, 2.24) is 24.6 Å². The molecule has 3 heterocycles. The summed E-state index contributed by atoms with van der Waals surface area (Å²) in [5.74, 6) is 0.472. The zero-order valence-electron chi connectivity index (χ0n) is 17.8. The predicted molar refractivity (Wildman–Crippen MR) is 129 cm³/mol. The number of carbonyl (C=O) groups is 1. The fraction of sp³-hybridized carbons (Fsp3) is 0.217. The van der Waals surface area contributed by atoms with Crippen molar-refractivity contribution < 1.29 is 4.79 Å². The SMILES string of the molecule is Cn1c(=O)c2ccc(-c3cnc(N4CCNC(=O)C4)nc3)cc2n1Cc1c(Cl)cccc1Cl. The van der Waals surface area contributed by atoms with Crippen molar-refractivity contribution in [3.05, 3.63) is 74.8 Å². The van der Waals surface area contributed by atoms with Crippen molar-refractivity contribution in [2.45, 2.75) is 6.54 Å². The molecule has 10 heteroatoms. The van der Waals surface area contributed by atoms with Gasteiger partial charge in [-0.3, -0.25) is 19.0 Å². The van der Waals surface area contributed by atoms with E-state index < -0.39 is 0 Å². The smallest absolute Gasteiger partial charge is 0.274 e. The molecule has 0 atom stereocenters. The molecule has 4 aromatic rings. The molecule has 1 fully saturated rings. The Morgan fingerprint density at radius 3 is 2.45 bits per heavy atom. The molecule has 33 heavy (non-hydrogen) atoms. The third kappa shape index (κ3) is 3.96. The van der Waals surface area contributed by atoms with E-state index >= 15 is 0 Å². The van der Waals surface area contributed by atoms with Gasteiger partial charge in [-0.05, 0) is 29.8 Å². The van der Waals surface area contributed by atoms with Crippen LogP contribution >= 0.6 is 23.2 Å². The molecule has 168 valence electrons. The number of piperazine rings is 1. The van der Waals surface area contributed by atoms with Crippen LogP contribution in [0.15, 0.2) is 53.6 Å². The van der Waals surface area contributed by atoms with Crippen molar-refractivity contribution >= 4 is 46.0 Å². The lowest BCUT2D eigenvalue weighted by Gasteiger charge is -2.26. The number of benzene rings is 2. The van der Waals surface area contributed by atoms with E-state index in [-0.39, 0.29) is 18.0 Å². The Bertz CT molecular complexity index is 1410. The summed E-state index contributed by atoms with van der Waals surface area (Å²) < 4.78 is 3.42. The van der Waals surface area contributed by atoms with Gasteiger partial charge in [-0.15, -0.1) is 0 Å². The summed E-state index contributed by atoms with van der Waals surface area (Å²) in [6.45, 7) is 1.83. The highest BCUT2D eigenvalue weighted by Crippen LogP contribution is 2.28. The first-order valence-corrected chi connectivity index (χ1v) is 11.1. The summed E-state index contributed by atoms with van der Waals surface area (Å²) >= 11 is 12.7. The Balaban J connectivity index is 1.52. The molecule has 0 saturated carbocycles. The molecule has 0 unspecified atom stereocenters. The zero-order valence-corrected chi connectivity index (χ0v) is 19.3. The van der Waals surface area contributed by atoms with Gasteiger partial charge in [-0.2, -0.15) is 0 Å². The molecule has 1 amide bonds. The van der Waals surface area contributed by atoms with Crippen LogP contribution in [0.3, 0.4) is 0 Å². The topological polar surface area (TPSA) is 85.1 Å². The summed E-state index contributed by atoms with van der Waals surface area (Å²) in [5.41, 5.74) is 3.08. The molecule has 2 aromatic heterocycles. The summed E-state index contributed by atoms with van der Waals surface area (Å²) in [6, 6.07) is 11.0. The highest BCUT2D eigenvalue weighted by molar-refractivity contribution is 6.36. The van der Waals surface area contributed by atoms with Gasteiger partial charge in [-0.25, -0.2) is 9.97 Å². The van der Waals surface area contributed by atoms with E-state index in [1.165, 1.54) is 0 Å². The quantitative estimate of drug-likeness (QED) is 0.483. The number of rotatable bonds is 4. The van der Waals surface area contributed by atoms with Crippen LogP contribution in [0.2, 0.25) is 10.0 Å². The molecule has 0 spiro atoms. The van der Waals surface area contributed by atoms with E-state index in [4.69, 9.17) is 23.2 Å². The molecule has 1 saturated heterocycles. The van der Waals surface area contributed by atoms with Gasteiger partial charge in [0.1, 0.15) is 0 Å². The summed E-state index contributed by atoms with van der Waals surface area (Å²) in [5, 5.41) is 4.48. The van der Waals surface area contributed by atoms with E-state index in [9.17, 15) is 9.59 Å². The second-order valence-corrected chi connectivity index (χ2v) is 8.68. The number of amides is 1. The molecule has 1 aliphatic rings. The molecule has 2 aromatic carbocycles. The average Bonchev–Trinajstić information content (AvgIpc) is 3.05. The van der Waals surface area contributed by atoms with Crippen LogP contribution in [0.5, 0.6) is 0 Å². The first-order chi connectivity index (χ1) is 15.9. The van der Waals surface area contributed by atoms with E-state index in [1.54, 1.807) is 48.4 Å². The van der Waals surface area contributed by atoms with Crippen molar-refractivity contribution in [3.63, 3.8) is 0 Å². The lowest BCUT2D eigenvalue weighted by molar-refractivity contribution is -0.120. The second kappa shape index (κ2) is 8.53. The number of carbonyl (C=O) groups excluding carboxylic acids is 1. The number of nitrogens with one attached hydrogen (secondary N) is 1. The van der Waals surface area contributed by atoms with Gasteiger partial charge in [0.05, 0.1) is 24.0 Å². The second-order valence-electron chi connectivity index (χ2n) is 7.86. The van der Waals surface area contributed by atoms with Crippen molar-refractivity contribution in [2.75, 3.05) is 24.5 Å². The molecular formula is C23H20Cl2N6O2. The molecule has 5 rings (SSSR count). The lowest BCUT2D eigenvalue weighted by Crippen LogP contribution is -2.48. The largest absolute Gasteiger partial charge is 0.353 e. The van der Waals surface area contributed by atoms with Crippen LogP contribution < -0.4 is 15.8 Å². The molecule has 0 aliphatic carbocycles. The van der Waals surface area contributed by atoms with Crippen LogP contribution in [-0.2, 0) is 18.4 Å². The van der Waals surface area contributed by atoms with E-state index in [0.29, 0.717) is 41.0 Å². The molecule has 0 radical (unpaired) electrons. The van der Waals surface area contributed by atoms with Crippen molar-refractivity contribution in [1.29, 1.82) is 0 Å². The Labute approximate surface area is 199 Å². The number of fused-ring (bicyclic) bond motifs is 1. The Kier molecular flexibility index (Phi) is 5.55. The van der Waals surface area contributed by atoms with E-state index in [1.807, 2.05) is 21.7 Å². The number of aromatic nitrogens is 4. The number of hydrogen-bond donors (Lipinski definition) is 1. The third-order valence-electron chi connectivity index (χ3n) is 5.82. The standard InChI is InChI=1S/C23H20Cl2N6O2/c1-29-22(33)16-6-5-14(9-20(16)31(29)12-17-18(24)3-2-4-19(17)25)15-10-27-23(28-11-15)30-8-7-26-21(32)13-30/h2-6,9-11H,7-8,12-13H2,1H3,(H,26,32). The van der Waals surface area contributed by atoms with Gasteiger partial charge >= 0.3 is 0 Å². The highest BCUT2D eigenvalue weighted by atomic mass is 35.5. The van der Waals surface area contributed by atoms with Crippen LogP contribution in [0.25, 0.3) is 22.0 Å². The van der Waals surface area contributed by atoms with Crippen LogP contribution in [0, 0.1) is 0 Å². The summed E-state index contributed by atoms with van der Waals surface area (Å²) in [6.07, 6.45) is 3.46. The number of nitrogens with zero attached hydrogens (tertiary/aromatic N) is 5. The number of hydrogen-bond acceptors (Lipinski definition) is 5. The predicted octanol–water partition coefficient (Wildman–Crippen LogP) is 3.09. The van der Waals surface area contributed by atoms with Gasteiger partial charge in [0, 0.05) is 53.7 Å². The average molecular weight is 483 g/mol. The maximum atomic E-state index is 12.8. The minimum atomic E-state index is -0.102. The maximum absolute atomic E-state index is 12.8. The van der Waals surface area contributed by atoms with Crippen molar-refractivity contribution in [2.24, 2.45) is 7.05 Å². The van der Waals surface area contributed by atoms with Crippen LogP contribution in [0.1, 0.15) is 5.56 Å². The molecule has 1 N–H and O–H groups in total. The van der Waals surface area contributed by atoms with Crippen LogP contribution in [-0.4, -0.2) is 44.9 Å². The van der Waals surface area contributed by atoms with Crippen LogP contribution in [0.4, 0.5) is 5.95 Å². The van der Waals surface area contributed by atoms with Crippen molar-refractivity contribution in [3.8, 4) is 11.1 Å². The monoisotopic (exact) mass is 482 g/mol. The first-order valence-electron chi connectivity index (χ1n) is 10.4. The normalized spacial score (nSPS) is 14.0. The summed E-state index contributed by atoms with van der Waals surface area (Å²) in [4.78, 5) is 35.2. The van der Waals surface area contributed by atoms with E-state index in [2.05, 4.69) is 15.3 Å². The molecular weight excluding hydrogens is 463 g/mol. The maximum Gasteiger partial charge on any atom is 0.274 e. The molecule has 0 bridgehead atoms. The third-order valence-corrected chi connectivity index (χ3v) is 6.53. The van der Waals surface area contributed by atoms with Gasteiger partial charge in [0.2, 0.25) is 11.9 Å². The number of anilines is 1. The fourth-order valence-electron chi connectivity index (χ4n) is 4.02.